The highest BCUT2D eigenvalue weighted by molar-refractivity contribution is 5.85. The number of amides is 1. The first kappa shape index (κ1) is 22.6. The molecule has 1 aromatic heterocycles. The van der Waals surface area contributed by atoms with Gasteiger partial charge in [-0.2, -0.15) is 13.2 Å². The quantitative estimate of drug-likeness (QED) is 0.710. The summed E-state index contributed by atoms with van der Waals surface area (Å²) in [4.78, 5) is 15.7. The van der Waals surface area contributed by atoms with E-state index in [-0.39, 0.29) is 24.2 Å². The van der Waals surface area contributed by atoms with E-state index in [1.54, 1.807) is 18.3 Å². The van der Waals surface area contributed by atoms with Crippen LogP contribution in [0.1, 0.15) is 49.1 Å². The van der Waals surface area contributed by atoms with E-state index < -0.39 is 11.7 Å². The van der Waals surface area contributed by atoms with Crippen LogP contribution in [0.2, 0.25) is 0 Å². The van der Waals surface area contributed by atoms with Gasteiger partial charge in [-0.05, 0) is 55.9 Å². The first-order valence-electron chi connectivity index (χ1n) is 10.00. The van der Waals surface area contributed by atoms with E-state index in [2.05, 4.69) is 10.3 Å². The first-order chi connectivity index (χ1) is 13.8. The molecule has 2 aromatic rings. The number of nitrogens with two attached hydrogens (primary N) is 1. The van der Waals surface area contributed by atoms with Crippen molar-refractivity contribution in [3.05, 3.63) is 53.7 Å². The summed E-state index contributed by atoms with van der Waals surface area (Å²) in [5.41, 5.74) is 6.82. The smallest absolute Gasteiger partial charge is 0.369 e. The van der Waals surface area contributed by atoms with E-state index in [0.717, 1.165) is 49.8 Å². The molecule has 0 bridgehead atoms. The molecule has 0 radical (unpaired) electrons. The van der Waals surface area contributed by atoms with Crippen molar-refractivity contribution < 1.29 is 18.0 Å². The van der Waals surface area contributed by atoms with Crippen LogP contribution in [0.5, 0.6) is 0 Å². The molecule has 1 heterocycles. The summed E-state index contributed by atoms with van der Waals surface area (Å²) in [5.74, 6) is 0.197. The van der Waals surface area contributed by atoms with Crippen molar-refractivity contribution in [3.63, 3.8) is 0 Å². The number of pyridine rings is 1. The van der Waals surface area contributed by atoms with E-state index in [4.69, 9.17) is 5.73 Å². The van der Waals surface area contributed by atoms with Crippen molar-refractivity contribution in [2.45, 2.75) is 56.3 Å². The van der Waals surface area contributed by atoms with Crippen LogP contribution in [0.25, 0.3) is 11.3 Å². The summed E-state index contributed by atoms with van der Waals surface area (Å²) < 4.78 is 38.7. The minimum absolute atomic E-state index is 0. The van der Waals surface area contributed by atoms with Crippen LogP contribution in [-0.4, -0.2) is 23.0 Å². The SMILES string of the molecule is Cl.NC(=O)C1CCC(NC2CC2c2ccc(-c3cccc(C(F)(F)F)c3)nc2)CC1. The van der Waals surface area contributed by atoms with Crippen molar-refractivity contribution in [1.29, 1.82) is 0 Å². The number of alkyl halides is 3. The number of nitrogens with zero attached hydrogens (tertiary/aromatic N) is 1. The Kier molecular flexibility index (Phi) is 6.72. The van der Waals surface area contributed by atoms with Gasteiger partial charge in [-0.3, -0.25) is 9.78 Å². The Bertz CT molecular complexity index is 880. The zero-order valence-corrected chi connectivity index (χ0v) is 17.2. The zero-order chi connectivity index (χ0) is 20.6. The van der Waals surface area contributed by atoms with Crippen LogP contribution in [0, 0.1) is 5.92 Å². The number of nitrogens with one attached hydrogen (secondary N) is 1. The Hall–Kier alpha value is -2.12. The van der Waals surface area contributed by atoms with Gasteiger partial charge in [-0.1, -0.05) is 18.2 Å². The number of rotatable bonds is 5. The molecule has 4 rings (SSSR count). The van der Waals surface area contributed by atoms with Crippen LogP contribution in [0.15, 0.2) is 42.6 Å². The van der Waals surface area contributed by atoms with Crippen LogP contribution in [0.3, 0.4) is 0 Å². The number of aromatic nitrogens is 1. The van der Waals surface area contributed by atoms with Crippen LogP contribution >= 0.6 is 12.4 Å². The molecule has 2 unspecified atom stereocenters. The molecule has 2 aliphatic carbocycles. The summed E-state index contributed by atoms with van der Waals surface area (Å²) in [6.07, 6.45) is 2.05. The van der Waals surface area contributed by atoms with Gasteiger partial charge < -0.3 is 11.1 Å². The van der Waals surface area contributed by atoms with E-state index in [9.17, 15) is 18.0 Å². The van der Waals surface area contributed by atoms with Crippen molar-refractivity contribution in [2.75, 3.05) is 0 Å². The Morgan fingerprint density at radius 1 is 1.10 bits per heavy atom. The molecule has 2 aliphatic rings. The molecule has 2 fully saturated rings. The third-order valence-electron chi connectivity index (χ3n) is 6.07. The second-order valence-corrected chi connectivity index (χ2v) is 8.12. The van der Waals surface area contributed by atoms with E-state index in [0.29, 0.717) is 29.3 Å². The molecule has 1 aromatic carbocycles. The number of primary amides is 1. The second kappa shape index (κ2) is 8.94. The van der Waals surface area contributed by atoms with Crippen LogP contribution in [0.4, 0.5) is 13.2 Å². The van der Waals surface area contributed by atoms with Gasteiger partial charge in [-0.15, -0.1) is 12.4 Å². The third kappa shape index (κ3) is 5.13. The van der Waals surface area contributed by atoms with Crippen molar-refractivity contribution >= 4 is 18.3 Å². The topological polar surface area (TPSA) is 68.0 Å². The van der Waals surface area contributed by atoms with Crippen molar-refractivity contribution in [2.24, 2.45) is 11.7 Å². The Morgan fingerprint density at radius 3 is 2.43 bits per heavy atom. The maximum Gasteiger partial charge on any atom is 0.416 e. The Labute approximate surface area is 179 Å². The molecule has 1 amide bonds. The molecule has 0 spiro atoms. The summed E-state index contributed by atoms with van der Waals surface area (Å²) in [7, 11) is 0. The van der Waals surface area contributed by atoms with Gasteiger partial charge in [0.05, 0.1) is 11.3 Å². The lowest BCUT2D eigenvalue weighted by atomic mass is 9.85. The largest absolute Gasteiger partial charge is 0.416 e. The molecular formula is C22H25ClF3N3O. The molecular weight excluding hydrogens is 415 g/mol. The van der Waals surface area contributed by atoms with Gasteiger partial charge in [-0.25, -0.2) is 0 Å². The molecule has 3 N–H and O–H groups in total. The van der Waals surface area contributed by atoms with Gasteiger partial charge in [0, 0.05) is 35.7 Å². The average molecular weight is 440 g/mol. The summed E-state index contributed by atoms with van der Waals surface area (Å²) in [5, 5.41) is 3.67. The minimum Gasteiger partial charge on any atom is -0.369 e. The fraction of sp³-hybridized carbons (Fsp3) is 0.455. The number of benzene rings is 1. The summed E-state index contributed by atoms with van der Waals surface area (Å²) >= 11 is 0. The number of carbonyl (C=O) groups is 1. The normalized spacial score (nSPS) is 26.0. The maximum absolute atomic E-state index is 12.9. The Morgan fingerprint density at radius 2 is 1.83 bits per heavy atom. The fourth-order valence-electron chi connectivity index (χ4n) is 4.25. The number of halogens is 4. The summed E-state index contributed by atoms with van der Waals surface area (Å²) in [6, 6.07) is 9.80. The van der Waals surface area contributed by atoms with Gasteiger partial charge in [0.2, 0.25) is 5.91 Å². The van der Waals surface area contributed by atoms with Gasteiger partial charge in [0.25, 0.3) is 0 Å². The highest BCUT2D eigenvalue weighted by Gasteiger charge is 2.40. The molecule has 0 aliphatic heterocycles. The molecule has 2 atom stereocenters. The van der Waals surface area contributed by atoms with E-state index in [1.165, 1.54) is 6.07 Å². The van der Waals surface area contributed by atoms with Crippen LogP contribution < -0.4 is 11.1 Å². The molecule has 162 valence electrons. The number of carbonyl (C=O) groups excluding carboxylic acids is 1. The fourth-order valence-corrected chi connectivity index (χ4v) is 4.25. The standard InChI is InChI=1S/C22H24F3N3O.ClH/c23-22(24,25)16-3-1-2-14(10-16)19-9-6-15(12-27-19)18-11-20(18)28-17-7-4-13(5-8-17)21(26)29;/h1-3,6,9-10,12-13,17-18,20,28H,4-5,7-8,11H2,(H2,26,29);1H. The summed E-state index contributed by atoms with van der Waals surface area (Å²) in [6.45, 7) is 0. The molecule has 0 saturated heterocycles. The van der Waals surface area contributed by atoms with E-state index >= 15 is 0 Å². The minimum atomic E-state index is -4.36. The number of hydrogen-bond acceptors (Lipinski definition) is 3. The van der Waals surface area contributed by atoms with Gasteiger partial charge in [0.15, 0.2) is 0 Å². The zero-order valence-electron chi connectivity index (χ0n) is 16.4. The van der Waals surface area contributed by atoms with Crippen LogP contribution in [-0.2, 0) is 11.0 Å². The first-order valence-corrected chi connectivity index (χ1v) is 10.00. The van der Waals surface area contributed by atoms with Crippen molar-refractivity contribution in [3.8, 4) is 11.3 Å². The Balaban J connectivity index is 0.00000256. The number of hydrogen-bond donors (Lipinski definition) is 2. The predicted octanol–water partition coefficient (Wildman–Crippen LogP) is 4.68. The lowest BCUT2D eigenvalue weighted by Gasteiger charge is -2.27. The third-order valence-corrected chi connectivity index (χ3v) is 6.07. The maximum atomic E-state index is 12.9. The van der Waals surface area contributed by atoms with E-state index in [1.807, 2.05) is 6.07 Å². The predicted molar refractivity (Wildman–Crippen MR) is 111 cm³/mol. The second-order valence-electron chi connectivity index (χ2n) is 8.12. The average Bonchev–Trinajstić information content (AvgIpc) is 3.47. The molecule has 8 heteroatoms. The highest BCUT2D eigenvalue weighted by atomic mass is 35.5. The van der Waals surface area contributed by atoms with Crippen molar-refractivity contribution in [1.82, 2.24) is 10.3 Å². The lowest BCUT2D eigenvalue weighted by molar-refractivity contribution is -0.137. The molecule has 4 nitrogen and oxygen atoms in total. The van der Waals surface area contributed by atoms with Gasteiger partial charge >= 0.3 is 6.18 Å². The highest BCUT2D eigenvalue weighted by Crippen LogP contribution is 2.42. The van der Waals surface area contributed by atoms with Gasteiger partial charge in [0.1, 0.15) is 0 Å². The molecule has 2 saturated carbocycles. The lowest BCUT2D eigenvalue weighted by Crippen LogP contribution is -2.38. The monoisotopic (exact) mass is 439 g/mol. The molecule has 30 heavy (non-hydrogen) atoms.